The summed E-state index contributed by atoms with van der Waals surface area (Å²) in [7, 11) is 0. The van der Waals surface area contributed by atoms with Crippen LogP contribution in [0.5, 0.6) is 0 Å². The lowest BCUT2D eigenvalue weighted by atomic mass is 9.99. The van der Waals surface area contributed by atoms with Crippen molar-refractivity contribution in [3.63, 3.8) is 0 Å². The summed E-state index contributed by atoms with van der Waals surface area (Å²) in [5, 5.41) is 0.165. The molecule has 3 unspecified atom stereocenters. The second kappa shape index (κ2) is 6.14. The van der Waals surface area contributed by atoms with Crippen molar-refractivity contribution in [3.05, 3.63) is 70.5 Å². The quantitative estimate of drug-likeness (QED) is 0.653. The molecule has 1 aliphatic carbocycles. The molecule has 0 amide bonds. The zero-order valence-electron chi connectivity index (χ0n) is 11.6. The number of hydrogen-bond acceptors (Lipinski definition) is 2. The maximum Gasteiger partial charge on any atom is 0.141 e. The molecule has 3 rings (SSSR count). The minimum Gasteiger partial charge on any atom is -0.271 e. The van der Waals surface area contributed by atoms with Gasteiger partial charge in [-0.15, -0.1) is 0 Å². The molecule has 2 nitrogen and oxygen atoms in total. The van der Waals surface area contributed by atoms with Crippen LogP contribution in [-0.2, 0) is 6.42 Å². The lowest BCUT2D eigenvalue weighted by molar-refractivity contribution is 0.464. The zero-order chi connectivity index (χ0) is 14.8. The first-order valence-electron chi connectivity index (χ1n) is 7.14. The van der Waals surface area contributed by atoms with Gasteiger partial charge in [0.1, 0.15) is 5.82 Å². The Morgan fingerprint density at radius 3 is 2.67 bits per heavy atom. The van der Waals surface area contributed by atoms with Gasteiger partial charge in [-0.25, -0.2) is 4.39 Å². The van der Waals surface area contributed by atoms with Crippen LogP contribution in [0.3, 0.4) is 0 Å². The Labute approximate surface area is 129 Å². The molecule has 1 saturated carbocycles. The normalized spacial score (nSPS) is 22.0. The Morgan fingerprint density at radius 2 is 2.00 bits per heavy atom. The van der Waals surface area contributed by atoms with Crippen LogP contribution in [0, 0.1) is 11.7 Å². The van der Waals surface area contributed by atoms with E-state index in [-0.39, 0.29) is 16.9 Å². The first kappa shape index (κ1) is 14.5. The molecule has 1 fully saturated rings. The molecule has 0 aliphatic heterocycles. The Morgan fingerprint density at radius 1 is 1.24 bits per heavy atom. The van der Waals surface area contributed by atoms with E-state index in [1.165, 1.54) is 11.6 Å². The van der Waals surface area contributed by atoms with E-state index in [1.807, 2.05) is 6.07 Å². The molecule has 0 heterocycles. The largest absolute Gasteiger partial charge is 0.271 e. The fourth-order valence-corrected chi connectivity index (χ4v) is 3.20. The molecular weight excluding hydrogens is 287 g/mol. The predicted octanol–water partition coefficient (Wildman–Crippen LogP) is 3.66. The lowest BCUT2D eigenvalue weighted by Gasteiger charge is -2.16. The van der Waals surface area contributed by atoms with Gasteiger partial charge in [-0.3, -0.25) is 11.3 Å². The highest BCUT2D eigenvalue weighted by molar-refractivity contribution is 6.30. The molecule has 3 N–H and O–H groups in total. The highest BCUT2D eigenvalue weighted by Gasteiger charge is 2.43. The van der Waals surface area contributed by atoms with Gasteiger partial charge in [0.2, 0.25) is 0 Å². The molecule has 4 heteroatoms. The number of benzene rings is 2. The SMILES string of the molecule is NNC(Cc1ccc(F)c(Cl)c1)C1CC1c1ccccc1. The van der Waals surface area contributed by atoms with Crippen LogP contribution >= 0.6 is 11.6 Å². The smallest absolute Gasteiger partial charge is 0.141 e. The standard InChI is InChI=1S/C17H18ClFN2/c18-15-8-11(6-7-16(15)19)9-17(21-20)14-10-13(14)12-4-2-1-3-5-12/h1-8,13-14,17,21H,9-10,20H2. The molecule has 1 aliphatic rings. The van der Waals surface area contributed by atoms with Crippen molar-refractivity contribution in [2.45, 2.75) is 24.8 Å². The van der Waals surface area contributed by atoms with Crippen molar-refractivity contribution in [2.75, 3.05) is 0 Å². The fourth-order valence-electron chi connectivity index (χ4n) is 3.00. The number of halogens is 2. The van der Waals surface area contributed by atoms with Crippen molar-refractivity contribution < 1.29 is 4.39 Å². The third kappa shape index (κ3) is 3.26. The second-order valence-electron chi connectivity index (χ2n) is 5.64. The Hall–Kier alpha value is -1.42. The molecule has 0 radical (unpaired) electrons. The van der Waals surface area contributed by atoms with E-state index in [0.29, 0.717) is 11.8 Å². The van der Waals surface area contributed by atoms with Gasteiger partial charge in [-0.1, -0.05) is 48.0 Å². The highest BCUT2D eigenvalue weighted by atomic mass is 35.5. The number of hydrogen-bond donors (Lipinski definition) is 2. The molecule has 0 saturated heterocycles. The van der Waals surface area contributed by atoms with E-state index in [4.69, 9.17) is 17.4 Å². The van der Waals surface area contributed by atoms with Gasteiger partial charge in [0.25, 0.3) is 0 Å². The predicted molar refractivity (Wildman–Crippen MR) is 83.5 cm³/mol. The first-order valence-corrected chi connectivity index (χ1v) is 7.52. The number of rotatable bonds is 5. The van der Waals surface area contributed by atoms with Crippen molar-refractivity contribution in [2.24, 2.45) is 11.8 Å². The summed E-state index contributed by atoms with van der Waals surface area (Å²) in [6.45, 7) is 0. The van der Waals surface area contributed by atoms with Gasteiger partial charge >= 0.3 is 0 Å². The molecule has 2 aromatic carbocycles. The summed E-state index contributed by atoms with van der Waals surface area (Å²) in [5.74, 6) is 6.40. The summed E-state index contributed by atoms with van der Waals surface area (Å²) >= 11 is 5.83. The maximum absolute atomic E-state index is 13.2. The average Bonchev–Trinajstić information content (AvgIpc) is 3.30. The molecule has 0 spiro atoms. The Balaban J connectivity index is 1.68. The summed E-state index contributed by atoms with van der Waals surface area (Å²) in [6.07, 6.45) is 1.89. The Bertz CT molecular complexity index is 617. The van der Waals surface area contributed by atoms with Crippen LogP contribution in [0.15, 0.2) is 48.5 Å². The van der Waals surface area contributed by atoms with Crippen LogP contribution in [0.1, 0.15) is 23.5 Å². The topological polar surface area (TPSA) is 38.0 Å². The average molecular weight is 305 g/mol. The second-order valence-corrected chi connectivity index (χ2v) is 6.05. The van der Waals surface area contributed by atoms with E-state index in [2.05, 4.69) is 29.7 Å². The van der Waals surface area contributed by atoms with Crippen LogP contribution in [0.25, 0.3) is 0 Å². The minimum atomic E-state index is -0.383. The van der Waals surface area contributed by atoms with E-state index in [1.54, 1.807) is 12.1 Å². The Kier molecular flexibility index (Phi) is 4.24. The van der Waals surface area contributed by atoms with Gasteiger partial charge in [0, 0.05) is 6.04 Å². The minimum absolute atomic E-state index is 0.165. The van der Waals surface area contributed by atoms with Crippen molar-refractivity contribution in [1.29, 1.82) is 0 Å². The summed E-state index contributed by atoms with van der Waals surface area (Å²) < 4.78 is 13.2. The third-order valence-electron chi connectivity index (χ3n) is 4.24. The number of nitrogens with two attached hydrogens (primary N) is 1. The molecule has 0 aromatic heterocycles. The summed E-state index contributed by atoms with van der Waals surface area (Å²) in [5.41, 5.74) is 5.27. The van der Waals surface area contributed by atoms with E-state index in [0.717, 1.165) is 18.4 Å². The lowest BCUT2D eigenvalue weighted by Crippen LogP contribution is -2.38. The maximum atomic E-state index is 13.2. The van der Waals surface area contributed by atoms with Crippen LogP contribution < -0.4 is 11.3 Å². The van der Waals surface area contributed by atoms with Crippen molar-refractivity contribution in [1.82, 2.24) is 5.43 Å². The van der Waals surface area contributed by atoms with Crippen LogP contribution in [-0.4, -0.2) is 6.04 Å². The molecule has 0 bridgehead atoms. The van der Waals surface area contributed by atoms with Crippen molar-refractivity contribution in [3.8, 4) is 0 Å². The first-order chi connectivity index (χ1) is 10.2. The number of hydrazine groups is 1. The highest BCUT2D eigenvalue weighted by Crippen LogP contribution is 2.49. The van der Waals surface area contributed by atoms with Gasteiger partial charge in [-0.05, 0) is 47.9 Å². The van der Waals surface area contributed by atoms with Gasteiger partial charge in [0.15, 0.2) is 0 Å². The van der Waals surface area contributed by atoms with Crippen molar-refractivity contribution >= 4 is 11.6 Å². The molecule has 3 atom stereocenters. The van der Waals surface area contributed by atoms with E-state index >= 15 is 0 Å². The monoisotopic (exact) mass is 304 g/mol. The van der Waals surface area contributed by atoms with E-state index in [9.17, 15) is 4.39 Å². The van der Waals surface area contributed by atoms with Gasteiger partial charge in [-0.2, -0.15) is 0 Å². The molecule has 2 aromatic rings. The van der Waals surface area contributed by atoms with E-state index < -0.39 is 0 Å². The van der Waals surface area contributed by atoms with Crippen LogP contribution in [0.2, 0.25) is 5.02 Å². The zero-order valence-corrected chi connectivity index (χ0v) is 12.4. The number of nitrogens with one attached hydrogen (secondary N) is 1. The van der Waals surface area contributed by atoms with Gasteiger partial charge < -0.3 is 0 Å². The summed E-state index contributed by atoms with van der Waals surface area (Å²) in [4.78, 5) is 0. The molecular formula is C17H18ClFN2. The fraction of sp³-hybridized carbons (Fsp3) is 0.294. The summed E-state index contributed by atoms with van der Waals surface area (Å²) in [6, 6.07) is 15.5. The molecule has 110 valence electrons. The van der Waals surface area contributed by atoms with Crippen LogP contribution in [0.4, 0.5) is 4.39 Å². The van der Waals surface area contributed by atoms with Gasteiger partial charge in [0.05, 0.1) is 5.02 Å². The third-order valence-corrected chi connectivity index (χ3v) is 4.53. The molecule has 21 heavy (non-hydrogen) atoms.